The first-order chi connectivity index (χ1) is 11.2. The van der Waals surface area contributed by atoms with Gasteiger partial charge in [0.05, 0.1) is 6.10 Å². The Hall–Kier alpha value is -1.94. The number of rotatable bonds is 5. The second-order valence-corrected chi connectivity index (χ2v) is 8.50. The summed E-state index contributed by atoms with van der Waals surface area (Å²) in [6, 6.07) is 19.5. The third-order valence-electron chi connectivity index (χ3n) is 4.30. The van der Waals surface area contributed by atoms with Gasteiger partial charge < -0.3 is 9.22 Å². The topological polar surface area (TPSA) is 29.5 Å². The van der Waals surface area contributed by atoms with E-state index in [1.54, 1.807) is 0 Å². The molecule has 0 aromatic heterocycles. The van der Waals surface area contributed by atoms with Crippen LogP contribution in [0.15, 0.2) is 85.0 Å². The van der Waals surface area contributed by atoms with Crippen molar-refractivity contribution in [3.8, 4) is 0 Å². The molecule has 3 heteroatoms. The van der Waals surface area contributed by atoms with Gasteiger partial charge in [-0.25, -0.2) is 0 Å². The van der Waals surface area contributed by atoms with Gasteiger partial charge in [-0.1, -0.05) is 79.4 Å². The lowest BCUT2D eigenvalue weighted by Gasteiger charge is -2.33. The Labute approximate surface area is 139 Å². The zero-order chi connectivity index (χ0) is 16.1. The summed E-state index contributed by atoms with van der Waals surface area (Å²) in [7, 11) is -3.24. The van der Waals surface area contributed by atoms with Crippen LogP contribution >= 0.6 is 0 Å². The lowest BCUT2D eigenvalue weighted by molar-refractivity contribution is 0.178. The second kappa shape index (κ2) is 7.09. The Morgan fingerprint density at radius 3 is 2.09 bits per heavy atom. The summed E-state index contributed by atoms with van der Waals surface area (Å²) in [5, 5.41) is 1.75. The molecule has 0 saturated heterocycles. The van der Waals surface area contributed by atoms with Gasteiger partial charge in [-0.05, 0) is 35.2 Å². The predicted molar refractivity (Wildman–Crippen MR) is 97.1 cm³/mol. The van der Waals surface area contributed by atoms with Crippen molar-refractivity contribution in [2.45, 2.75) is 25.4 Å². The van der Waals surface area contributed by atoms with Crippen LogP contribution in [0, 0.1) is 0 Å². The Balaban J connectivity index is 2.01. The van der Waals surface area contributed by atoms with Gasteiger partial charge in [-0.2, -0.15) is 0 Å². The molecule has 0 bridgehead atoms. The highest BCUT2D eigenvalue weighted by atomic mass is 28.4. The largest absolute Gasteiger partial charge is 0.404 e. The third-order valence-corrected chi connectivity index (χ3v) is 7.16. The van der Waals surface area contributed by atoms with Gasteiger partial charge in [0.2, 0.25) is 0 Å². The van der Waals surface area contributed by atoms with Gasteiger partial charge in [0.1, 0.15) is 0 Å². The minimum absolute atomic E-state index is 0.0849. The van der Waals surface area contributed by atoms with Gasteiger partial charge in [0.25, 0.3) is 0 Å². The summed E-state index contributed by atoms with van der Waals surface area (Å²) in [5.41, 5.74) is 1.09. The lowest BCUT2D eigenvalue weighted by atomic mass is 9.97. The van der Waals surface area contributed by atoms with E-state index >= 15 is 0 Å². The Morgan fingerprint density at radius 1 is 1.00 bits per heavy atom. The van der Waals surface area contributed by atoms with Crippen LogP contribution in [0.3, 0.4) is 0 Å². The molecular formula is C20H22O2Si. The van der Waals surface area contributed by atoms with E-state index in [-0.39, 0.29) is 6.10 Å². The fraction of sp³-hybridized carbons (Fsp3) is 0.200. The first-order valence-electron chi connectivity index (χ1n) is 8.08. The van der Waals surface area contributed by atoms with Crippen LogP contribution in [-0.2, 0) is 4.43 Å². The van der Waals surface area contributed by atoms with Crippen molar-refractivity contribution < 1.29 is 9.22 Å². The average molecular weight is 322 g/mol. The van der Waals surface area contributed by atoms with Crippen LogP contribution in [-0.4, -0.2) is 19.5 Å². The zero-order valence-electron chi connectivity index (χ0n) is 13.2. The summed E-state index contributed by atoms with van der Waals surface area (Å²) in [5.74, 6) is 0. The molecule has 0 radical (unpaired) electrons. The molecule has 1 unspecified atom stereocenters. The standard InChI is InChI=1S/C20H22O2Si/c1-2-17-11-9-10-16-20(17)22-23(21,18-12-5-3-6-13-18)19-14-7-4-8-15-19/h2-8,11-15,20-21H,1,9-10,16H2. The van der Waals surface area contributed by atoms with Crippen molar-refractivity contribution in [1.29, 1.82) is 0 Å². The summed E-state index contributed by atoms with van der Waals surface area (Å²) < 4.78 is 6.41. The summed E-state index contributed by atoms with van der Waals surface area (Å²) in [6.45, 7) is 3.90. The van der Waals surface area contributed by atoms with E-state index in [0.717, 1.165) is 35.2 Å². The van der Waals surface area contributed by atoms with Crippen LogP contribution in [0.5, 0.6) is 0 Å². The molecule has 23 heavy (non-hydrogen) atoms. The van der Waals surface area contributed by atoms with Gasteiger partial charge in [-0.15, -0.1) is 0 Å². The summed E-state index contributed by atoms with van der Waals surface area (Å²) >= 11 is 0. The van der Waals surface area contributed by atoms with E-state index in [9.17, 15) is 4.80 Å². The third kappa shape index (κ3) is 3.37. The van der Waals surface area contributed by atoms with E-state index in [1.165, 1.54) is 0 Å². The summed E-state index contributed by atoms with van der Waals surface area (Å²) in [6.07, 6.45) is 7.00. The van der Waals surface area contributed by atoms with Crippen molar-refractivity contribution in [3.05, 3.63) is 85.0 Å². The molecule has 118 valence electrons. The molecule has 2 nitrogen and oxygen atoms in total. The monoisotopic (exact) mass is 322 g/mol. The zero-order valence-corrected chi connectivity index (χ0v) is 14.2. The van der Waals surface area contributed by atoms with Gasteiger partial charge in [0, 0.05) is 0 Å². The van der Waals surface area contributed by atoms with Crippen LogP contribution in [0.25, 0.3) is 0 Å². The van der Waals surface area contributed by atoms with Gasteiger partial charge in [0.15, 0.2) is 0 Å². The minimum atomic E-state index is -3.24. The van der Waals surface area contributed by atoms with Gasteiger partial charge in [-0.3, -0.25) is 0 Å². The second-order valence-electron chi connectivity index (χ2n) is 5.82. The van der Waals surface area contributed by atoms with E-state index in [2.05, 4.69) is 12.7 Å². The number of benzene rings is 2. The summed E-state index contributed by atoms with van der Waals surface area (Å²) in [4.78, 5) is 11.6. The molecule has 0 saturated carbocycles. The van der Waals surface area contributed by atoms with Crippen molar-refractivity contribution in [3.63, 3.8) is 0 Å². The maximum atomic E-state index is 11.6. The quantitative estimate of drug-likeness (QED) is 0.858. The number of hydrogen-bond donors (Lipinski definition) is 1. The highest BCUT2D eigenvalue weighted by Gasteiger charge is 2.41. The van der Waals surface area contributed by atoms with Crippen LogP contribution < -0.4 is 10.4 Å². The van der Waals surface area contributed by atoms with Crippen molar-refractivity contribution >= 4 is 18.9 Å². The molecule has 0 amide bonds. The van der Waals surface area contributed by atoms with E-state index in [4.69, 9.17) is 4.43 Å². The maximum absolute atomic E-state index is 11.6. The Kier molecular flexibility index (Phi) is 4.91. The Bertz CT molecular complexity index is 640. The number of hydrogen-bond acceptors (Lipinski definition) is 2. The first kappa shape index (κ1) is 15.9. The predicted octanol–water partition coefficient (Wildman–Crippen LogP) is 2.92. The molecule has 1 N–H and O–H groups in total. The Morgan fingerprint density at radius 2 is 1.57 bits per heavy atom. The molecule has 1 aliphatic rings. The highest BCUT2D eigenvalue weighted by molar-refractivity contribution is 6.91. The minimum Gasteiger partial charge on any atom is -0.404 e. The molecule has 1 atom stereocenters. The molecule has 0 fully saturated rings. The van der Waals surface area contributed by atoms with E-state index < -0.39 is 8.56 Å². The van der Waals surface area contributed by atoms with Crippen LogP contribution in [0.4, 0.5) is 0 Å². The van der Waals surface area contributed by atoms with E-state index in [0.29, 0.717) is 0 Å². The molecule has 0 spiro atoms. The smallest absolute Gasteiger partial charge is 0.404 e. The number of allylic oxidation sites excluding steroid dienone is 1. The van der Waals surface area contributed by atoms with Crippen molar-refractivity contribution in [2.75, 3.05) is 0 Å². The molecule has 0 heterocycles. The van der Waals surface area contributed by atoms with E-state index in [1.807, 2.05) is 66.7 Å². The van der Waals surface area contributed by atoms with Crippen molar-refractivity contribution in [2.24, 2.45) is 0 Å². The van der Waals surface area contributed by atoms with Gasteiger partial charge >= 0.3 is 8.56 Å². The lowest BCUT2D eigenvalue weighted by Crippen LogP contribution is -2.63. The SMILES string of the molecule is C=CC1=CCCCC1O[Si](O)(c1ccccc1)c1ccccc1. The van der Waals surface area contributed by atoms with Crippen molar-refractivity contribution in [1.82, 2.24) is 0 Å². The normalized spacial score (nSPS) is 18.3. The maximum Gasteiger partial charge on any atom is 0.404 e. The highest BCUT2D eigenvalue weighted by Crippen LogP contribution is 2.24. The molecule has 2 aromatic rings. The van der Waals surface area contributed by atoms with Crippen LogP contribution in [0.1, 0.15) is 19.3 Å². The fourth-order valence-electron chi connectivity index (χ4n) is 3.05. The fourth-order valence-corrected chi connectivity index (χ4v) is 5.61. The molecule has 1 aliphatic carbocycles. The first-order valence-corrected chi connectivity index (χ1v) is 9.93. The van der Waals surface area contributed by atoms with Crippen LogP contribution in [0.2, 0.25) is 0 Å². The molecule has 0 aliphatic heterocycles. The molecule has 3 rings (SSSR count). The molecular weight excluding hydrogens is 300 g/mol. The molecule has 2 aromatic carbocycles. The average Bonchev–Trinajstić information content (AvgIpc) is 2.63.